The molecule has 3 rings (SSSR count). The third-order valence-corrected chi connectivity index (χ3v) is 3.31. The van der Waals surface area contributed by atoms with Crippen LogP contribution in [0.5, 0.6) is 0 Å². The Labute approximate surface area is 116 Å². The minimum atomic E-state index is -0.422. The minimum Gasteiger partial charge on any atom is -0.464 e. The lowest BCUT2D eigenvalue weighted by Crippen LogP contribution is -2.11. The molecule has 20 heavy (non-hydrogen) atoms. The fourth-order valence-corrected chi connectivity index (χ4v) is 2.42. The SMILES string of the molecule is CNCc1nc(C(=O)OC)cc2c1[nH]c1ccccc12. The highest BCUT2D eigenvalue weighted by atomic mass is 16.5. The highest BCUT2D eigenvalue weighted by molar-refractivity contribution is 6.09. The van der Waals surface area contributed by atoms with Gasteiger partial charge in [-0.3, -0.25) is 0 Å². The normalized spacial score (nSPS) is 11.1. The molecule has 2 heterocycles. The minimum absolute atomic E-state index is 0.329. The summed E-state index contributed by atoms with van der Waals surface area (Å²) in [5.74, 6) is -0.422. The molecule has 0 amide bonds. The summed E-state index contributed by atoms with van der Waals surface area (Å²) in [5, 5.41) is 5.13. The summed E-state index contributed by atoms with van der Waals surface area (Å²) >= 11 is 0. The second-order valence-electron chi connectivity index (χ2n) is 4.57. The number of methoxy groups -OCH3 is 1. The first-order chi connectivity index (χ1) is 9.74. The van der Waals surface area contributed by atoms with E-state index in [1.165, 1.54) is 7.11 Å². The number of benzene rings is 1. The molecule has 0 saturated heterocycles. The molecular formula is C15H15N3O2. The summed E-state index contributed by atoms with van der Waals surface area (Å²) in [7, 11) is 3.21. The van der Waals surface area contributed by atoms with Gasteiger partial charge in [0.15, 0.2) is 0 Å². The van der Waals surface area contributed by atoms with E-state index in [1.54, 1.807) is 6.07 Å². The van der Waals surface area contributed by atoms with Crippen molar-refractivity contribution < 1.29 is 9.53 Å². The van der Waals surface area contributed by atoms with Crippen LogP contribution in [0.4, 0.5) is 0 Å². The number of nitrogens with one attached hydrogen (secondary N) is 2. The lowest BCUT2D eigenvalue weighted by atomic mass is 10.1. The highest BCUT2D eigenvalue weighted by Crippen LogP contribution is 2.27. The average Bonchev–Trinajstić information content (AvgIpc) is 2.86. The molecule has 0 fully saturated rings. The molecule has 0 atom stereocenters. The van der Waals surface area contributed by atoms with Crippen molar-refractivity contribution in [2.24, 2.45) is 0 Å². The van der Waals surface area contributed by atoms with Crippen LogP contribution >= 0.6 is 0 Å². The molecule has 2 N–H and O–H groups in total. The number of hydrogen-bond acceptors (Lipinski definition) is 4. The van der Waals surface area contributed by atoms with Crippen LogP contribution in [0.1, 0.15) is 16.2 Å². The number of esters is 1. The maximum Gasteiger partial charge on any atom is 0.356 e. The zero-order valence-electron chi connectivity index (χ0n) is 11.4. The second-order valence-corrected chi connectivity index (χ2v) is 4.57. The molecule has 3 aromatic rings. The van der Waals surface area contributed by atoms with Crippen LogP contribution in [0, 0.1) is 0 Å². The number of ether oxygens (including phenoxy) is 1. The van der Waals surface area contributed by atoms with Crippen molar-refractivity contribution in [2.45, 2.75) is 6.54 Å². The van der Waals surface area contributed by atoms with Crippen molar-refractivity contribution in [2.75, 3.05) is 14.2 Å². The fourth-order valence-electron chi connectivity index (χ4n) is 2.42. The van der Waals surface area contributed by atoms with E-state index in [-0.39, 0.29) is 0 Å². The van der Waals surface area contributed by atoms with Gasteiger partial charge in [0, 0.05) is 22.8 Å². The third kappa shape index (κ3) is 1.92. The van der Waals surface area contributed by atoms with E-state index in [4.69, 9.17) is 4.74 Å². The molecule has 102 valence electrons. The smallest absolute Gasteiger partial charge is 0.356 e. The van der Waals surface area contributed by atoms with E-state index in [2.05, 4.69) is 15.3 Å². The highest BCUT2D eigenvalue weighted by Gasteiger charge is 2.15. The van der Waals surface area contributed by atoms with Crippen LogP contribution in [-0.4, -0.2) is 30.1 Å². The second kappa shape index (κ2) is 4.94. The zero-order chi connectivity index (χ0) is 14.1. The van der Waals surface area contributed by atoms with E-state index >= 15 is 0 Å². The molecule has 0 saturated carbocycles. The quantitative estimate of drug-likeness (QED) is 0.715. The van der Waals surface area contributed by atoms with Crippen LogP contribution in [-0.2, 0) is 11.3 Å². The van der Waals surface area contributed by atoms with Crippen molar-refractivity contribution in [3.05, 3.63) is 41.7 Å². The summed E-state index contributed by atoms with van der Waals surface area (Å²) < 4.78 is 4.77. The van der Waals surface area contributed by atoms with Gasteiger partial charge in [0.25, 0.3) is 0 Å². The number of carbonyl (C=O) groups is 1. The van der Waals surface area contributed by atoms with Crippen LogP contribution in [0.2, 0.25) is 0 Å². The number of aromatic amines is 1. The largest absolute Gasteiger partial charge is 0.464 e. The number of aromatic nitrogens is 2. The van der Waals surface area contributed by atoms with Crippen molar-refractivity contribution in [1.82, 2.24) is 15.3 Å². The van der Waals surface area contributed by atoms with E-state index in [9.17, 15) is 4.79 Å². The fraction of sp³-hybridized carbons (Fsp3) is 0.200. The van der Waals surface area contributed by atoms with Gasteiger partial charge in [-0.2, -0.15) is 0 Å². The Hall–Kier alpha value is -2.40. The molecule has 1 aromatic carbocycles. The van der Waals surface area contributed by atoms with E-state index in [1.807, 2.05) is 31.3 Å². The van der Waals surface area contributed by atoms with Gasteiger partial charge in [-0.05, 0) is 19.2 Å². The summed E-state index contributed by atoms with van der Waals surface area (Å²) in [6.07, 6.45) is 0. The van der Waals surface area contributed by atoms with Crippen molar-refractivity contribution >= 4 is 27.8 Å². The molecule has 5 nitrogen and oxygen atoms in total. The average molecular weight is 269 g/mol. The van der Waals surface area contributed by atoms with Gasteiger partial charge in [0.05, 0.1) is 18.3 Å². The van der Waals surface area contributed by atoms with E-state index in [0.717, 1.165) is 27.5 Å². The number of nitrogens with zero attached hydrogens (tertiary/aromatic N) is 1. The van der Waals surface area contributed by atoms with Gasteiger partial charge in [0.2, 0.25) is 0 Å². The number of pyridine rings is 1. The predicted octanol–water partition coefficient (Wildman–Crippen LogP) is 2.22. The van der Waals surface area contributed by atoms with Gasteiger partial charge in [-0.15, -0.1) is 0 Å². The number of para-hydroxylation sites is 1. The first-order valence-electron chi connectivity index (χ1n) is 6.38. The maximum atomic E-state index is 11.8. The predicted molar refractivity (Wildman–Crippen MR) is 77.7 cm³/mol. The van der Waals surface area contributed by atoms with Crippen molar-refractivity contribution in [1.29, 1.82) is 0 Å². The van der Waals surface area contributed by atoms with Gasteiger partial charge in [-0.25, -0.2) is 9.78 Å². The lowest BCUT2D eigenvalue weighted by molar-refractivity contribution is 0.0594. The Morgan fingerprint density at radius 2 is 2.15 bits per heavy atom. The van der Waals surface area contributed by atoms with Gasteiger partial charge in [-0.1, -0.05) is 18.2 Å². The van der Waals surface area contributed by atoms with Gasteiger partial charge >= 0.3 is 5.97 Å². The van der Waals surface area contributed by atoms with Crippen LogP contribution in [0.3, 0.4) is 0 Å². The van der Waals surface area contributed by atoms with Crippen LogP contribution in [0.15, 0.2) is 30.3 Å². The number of H-pyrrole nitrogens is 1. The topological polar surface area (TPSA) is 67.0 Å². The Balaban J connectivity index is 2.35. The lowest BCUT2D eigenvalue weighted by Gasteiger charge is -2.05. The van der Waals surface area contributed by atoms with Crippen molar-refractivity contribution in [3.8, 4) is 0 Å². The number of fused-ring (bicyclic) bond motifs is 3. The summed E-state index contributed by atoms with van der Waals surface area (Å²) in [4.78, 5) is 19.5. The zero-order valence-corrected chi connectivity index (χ0v) is 11.4. The molecule has 0 spiro atoms. The molecular weight excluding hydrogens is 254 g/mol. The Morgan fingerprint density at radius 3 is 2.90 bits per heavy atom. The summed E-state index contributed by atoms with van der Waals surface area (Å²) in [5.41, 5.74) is 3.12. The Bertz CT molecular complexity index is 792. The monoisotopic (exact) mass is 269 g/mol. The van der Waals surface area contributed by atoms with Crippen molar-refractivity contribution in [3.63, 3.8) is 0 Å². The molecule has 0 bridgehead atoms. The summed E-state index contributed by atoms with van der Waals surface area (Å²) in [6, 6.07) is 9.77. The van der Waals surface area contributed by atoms with Gasteiger partial charge in [0.1, 0.15) is 5.69 Å². The molecule has 2 aromatic heterocycles. The molecule has 0 radical (unpaired) electrons. The van der Waals surface area contributed by atoms with Gasteiger partial charge < -0.3 is 15.0 Å². The molecule has 0 aliphatic heterocycles. The molecule has 0 aliphatic rings. The van der Waals surface area contributed by atoms with E-state index < -0.39 is 5.97 Å². The first kappa shape index (κ1) is 12.6. The van der Waals surface area contributed by atoms with Crippen LogP contribution < -0.4 is 5.32 Å². The molecule has 5 heteroatoms. The number of hydrogen-bond donors (Lipinski definition) is 2. The Morgan fingerprint density at radius 1 is 1.35 bits per heavy atom. The maximum absolute atomic E-state index is 11.8. The summed E-state index contributed by atoms with van der Waals surface area (Å²) in [6.45, 7) is 0.578. The number of rotatable bonds is 3. The van der Waals surface area contributed by atoms with E-state index in [0.29, 0.717) is 12.2 Å². The third-order valence-electron chi connectivity index (χ3n) is 3.31. The standard InChI is InChI=1S/C15H15N3O2/c1-16-8-13-14-10(7-12(17-13)15(19)20-2)9-5-3-4-6-11(9)18-14/h3-7,16,18H,8H2,1-2H3. The first-order valence-corrected chi connectivity index (χ1v) is 6.38. The molecule has 0 aliphatic carbocycles. The number of carbonyl (C=O) groups excluding carboxylic acids is 1. The van der Waals surface area contributed by atoms with Crippen LogP contribution in [0.25, 0.3) is 21.8 Å². The molecule has 0 unspecified atom stereocenters. The Kier molecular flexibility index (Phi) is 3.12.